The van der Waals surface area contributed by atoms with Crippen LogP contribution in [-0.4, -0.2) is 39.0 Å². The highest BCUT2D eigenvalue weighted by Gasteiger charge is 2.22. The molecule has 2 unspecified atom stereocenters. The lowest BCUT2D eigenvalue weighted by Gasteiger charge is -2.30. The number of hydrogen-bond donors (Lipinski definition) is 1. The zero-order chi connectivity index (χ0) is 10.2. The molecule has 0 bridgehead atoms. The van der Waals surface area contributed by atoms with E-state index in [9.17, 15) is 0 Å². The van der Waals surface area contributed by atoms with E-state index in [1.165, 1.54) is 25.7 Å². The van der Waals surface area contributed by atoms with Gasteiger partial charge in [-0.3, -0.25) is 0 Å². The van der Waals surface area contributed by atoms with Gasteiger partial charge in [-0.1, -0.05) is 26.2 Å². The number of hydrogen-bond acceptors (Lipinski definition) is 3. The van der Waals surface area contributed by atoms with Crippen molar-refractivity contribution in [3.8, 4) is 0 Å². The molecule has 0 amide bonds. The van der Waals surface area contributed by atoms with Crippen LogP contribution in [0.3, 0.4) is 0 Å². The summed E-state index contributed by atoms with van der Waals surface area (Å²) < 4.78 is 11.1. The van der Waals surface area contributed by atoms with Crippen molar-refractivity contribution in [3.05, 3.63) is 0 Å². The fourth-order valence-electron chi connectivity index (χ4n) is 1.87. The maximum atomic E-state index is 5.67. The Labute approximate surface area is 87.2 Å². The lowest BCUT2D eigenvalue weighted by Crippen LogP contribution is -2.45. The van der Waals surface area contributed by atoms with Crippen molar-refractivity contribution in [2.75, 3.05) is 26.9 Å². The van der Waals surface area contributed by atoms with Gasteiger partial charge in [-0.05, 0) is 13.5 Å². The summed E-state index contributed by atoms with van der Waals surface area (Å²) in [4.78, 5) is 0. The Morgan fingerprint density at radius 3 is 2.79 bits per heavy atom. The molecule has 0 radical (unpaired) electrons. The third kappa shape index (κ3) is 3.95. The first-order chi connectivity index (χ1) is 6.88. The third-order valence-electron chi connectivity index (χ3n) is 2.78. The molecule has 1 rings (SSSR count). The molecule has 0 saturated carbocycles. The van der Waals surface area contributed by atoms with E-state index >= 15 is 0 Å². The third-order valence-corrected chi connectivity index (χ3v) is 2.78. The van der Waals surface area contributed by atoms with E-state index in [4.69, 9.17) is 9.47 Å². The maximum absolute atomic E-state index is 5.67. The normalized spacial score (nSPS) is 24.9. The molecular weight excluding hydrogens is 178 g/mol. The summed E-state index contributed by atoms with van der Waals surface area (Å²) in [5.41, 5.74) is 0. The Morgan fingerprint density at radius 1 is 1.36 bits per heavy atom. The molecule has 3 heteroatoms. The van der Waals surface area contributed by atoms with Crippen molar-refractivity contribution < 1.29 is 9.47 Å². The molecule has 1 aliphatic heterocycles. The van der Waals surface area contributed by atoms with Gasteiger partial charge in [0.2, 0.25) is 0 Å². The first-order valence-electron chi connectivity index (χ1n) is 5.75. The Balaban J connectivity index is 2.21. The first-order valence-corrected chi connectivity index (χ1v) is 5.75. The standard InChI is InChI=1S/C11H23NO2/c1-3-4-5-6-10(12-2)11-9-13-7-8-14-11/h10-12H,3-9H2,1-2H3. The highest BCUT2D eigenvalue weighted by Crippen LogP contribution is 2.12. The van der Waals surface area contributed by atoms with Crippen molar-refractivity contribution in [3.63, 3.8) is 0 Å². The van der Waals surface area contributed by atoms with Crippen molar-refractivity contribution in [1.29, 1.82) is 0 Å². The minimum absolute atomic E-state index is 0.255. The van der Waals surface area contributed by atoms with Gasteiger partial charge < -0.3 is 14.8 Å². The average Bonchev–Trinajstić information content (AvgIpc) is 2.26. The molecule has 0 aromatic carbocycles. The van der Waals surface area contributed by atoms with E-state index in [1.807, 2.05) is 7.05 Å². The second-order valence-electron chi connectivity index (χ2n) is 3.88. The zero-order valence-corrected chi connectivity index (χ0v) is 9.42. The molecule has 2 atom stereocenters. The summed E-state index contributed by atoms with van der Waals surface area (Å²) >= 11 is 0. The van der Waals surface area contributed by atoms with Gasteiger partial charge in [-0.25, -0.2) is 0 Å². The molecule has 3 nitrogen and oxygen atoms in total. The van der Waals surface area contributed by atoms with E-state index in [0.29, 0.717) is 6.04 Å². The highest BCUT2D eigenvalue weighted by atomic mass is 16.6. The van der Waals surface area contributed by atoms with Gasteiger partial charge in [0, 0.05) is 6.04 Å². The van der Waals surface area contributed by atoms with Crippen molar-refractivity contribution >= 4 is 0 Å². The monoisotopic (exact) mass is 201 g/mol. The second kappa shape index (κ2) is 7.21. The topological polar surface area (TPSA) is 30.5 Å². The summed E-state index contributed by atoms with van der Waals surface area (Å²) in [6.07, 6.45) is 5.32. The summed E-state index contributed by atoms with van der Waals surface area (Å²) in [6, 6.07) is 0.460. The molecule has 1 heterocycles. The van der Waals surface area contributed by atoms with Gasteiger partial charge in [-0.15, -0.1) is 0 Å². The summed E-state index contributed by atoms with van der Waals surface area (Å²) in [5, 5.41) is 3.33. The van der Waals surface area contributed by atoms with Gasteiger partial charge in [0.15, 0.2) is 0 Å². The molecule has 1 fully saturated rings. The average molecular weight is 201 g/mol. The summed E-state index contributed by atoms with van der Waals surface area (Å²) in [5.74, 6) is 0. The van der Waals surface area contributed by atoms with Gasteiger partial charge in [0.05, 0.1) is 25.9 Å². The smallest absolute Gasteiger partial charge is 0.0961 e. The van der Waals surface area contributed by atoms with Crippen molar-refractivity contribution in [1.82, 2.24) is 5.32 Å². The van der Waals surface area contributed by atoms with E-state index in [-0.39, 0.29) is 6.10 Å². The Morgan fingerprint density at radius 2 is 2.21 bits per heavy atom. The van der Waals surface area contributed by atoms with Crippen LogP contribution in [-0.2, 0) is 9.47 Å². The van der Waals surface area contributed by atoms with E-state index in [1.54, 1.807) is 0 Å². The first kappa shape index (κ1) is 12.0. The molecule has 1 saturated heterocycles. The minimum atomic E-state index is 0.255. The van der Waals surface area contributed by atoms with Gasteiger partial charge in [0.25, 0.3) is 0 Å². The van der Waals surface area contributed by atoms with Crippen LogP contribution in [0.15, 0.2) is 0 Å². The Hall–Kier alpha value is -0.120. The Bertz CT molecular complexity index is 135. The van der Waals surface area contributed by atoms with E-state index in [2.05, 4.69) is 12.2 Å². The fourth-order valence-corrected chi connectivity index (χ4v) is 1.87. The van der Waals surface area contributed by atoms with Crippen LogP contribution in [0.5, 0.6) is 0 Å². The van der Waals surface area contributed by atoms with E-state index in [0.717, 1.165) is 19.8 Å². The molecule has 14 heavy (non-hydrogen) atoms. The predicted octanol–water partition coefficient (Wildman–Crippen LogP) is 1.57. The molecular formula is C11H23NO2. The highest BCUT2D eigenvalue weighted by molar-refractivity contribution is 4.77. The quantitative estimate of drug-likeness (QED) is 0.662. The molecule has 1 aliphatic rings. The largest absolute Gasteiger partial charge is 0.376 e. The molecule has 0 aliphatic carbocycles. The summed E-state index contributed by atoms with van der Waals surface area (Å²) in [7, 11) is 2.01. The van der Waals surface area contributed by atoms with Crippen LogP contribution in [0.2, 0.25) is 0 Å². The molecule has 0 aromatic heterocycles. The van der Waals surface area contributed by atoms with Gasteiger partial charge in [0.1, 0.15) is 0 Å². The van der Waals surface area contributed by atoms with Crippen molar-refractivity contribution in [2.24, 2.45) is 0 Å². The number of likely N-dealkylation sites (N-methyl/N-ethyl adjacent to an activating group) is 1. The fraction of sp³-hybridized carbons (Fsp3) is 1.00. The predicted molar refractivity (Wildman–Crippen MR) is 57.5 cm³/mol. The zero-order valence-electron chi connectivity index (χ0n) is 9.42. The molecule has 84 valence electrons. The van der Waals surface area contributed by atoms with Crippen LogP contribution in [0.1, 0.15) is 32.6 Å². The van der Waals surface area contributed by atoms with Gasteiger partial charge >= 0.3 is 0 Å². The SMILES string of the molecule is CCCCCC(NC)C1COCCO1. The van der Waals surface area contributed by atoms with Crippen LogP contribution in [0.25, 0.3) is 0 Å². The number of unbranched alkanes of at least 4 members (excludes halogenated alkanes) is 2. The number of ether oxygens (including phenoxy) is 2. The minimum Gasteiger partial charge on any atom is -0.376 e. The Kier molecular flexibility index (Phi) is 6.15. The second-order valence-corrected chi connectivity index (χ2v) is 3.88. The van der Waals surface area contributed by atoms with Crippen LogP contribution >= 0.6 is 0 Å². The lowest BCUT2D eigenvalue weighted by atomic mass is 10.0. The van der Waals surface area contributed by atoms with Crippen LogP contribution in [0, 0.1) is 0 Å². The molecule has 0 spiro atoms. The lowest BCUT2D eigenvalue weighted by molar-refractivity contribution is -0.102. The van der Waals surface area contributed by atoms with Crippen LogP contribution < -0.4 is 5.32 Å². The molecule has 0 aromatic rings. The van der Waals surface area contributed by atoms with Crippen LogP contribution in [0.4, 0.5) is 0 Å². The van der Waals surface area contributed by atoms with Gasteiger partial charge in [-0.2, -0.15) is 0 Å². The summed E-state index contributed by atoms with van der Waals surface area (Å²) in [6.45, 7) is 4.48. The van der Waals surface area contributed by atoms with E-state index < -0.39 is 0 Å². The number of nitrogens with one attached hydrogen (secondary N) is 1. The van der Waals surface area contributed by atoms with Crippen molar-refractivity contribution in [2.45, 2.75) is 44.8 Å². The molecule has 1 N–H and O–H groups in total. The number of rotatable bonds is 6. The maximum Gasteiger partial charge on any atom is 0.0961 e.